The topological polar surface area (TPSA) is 138 Å². The van der Waals surface area contributed by atoms with Crippen LogP contribution in [-0.2, 0) is 19.3 Å². The van der Waals surface area contributed by atoms with Gasteiger partial charge in [-0.1, -0.05) is 85.9 Å². The average Bonchev–Trinajstić information content (AvgIpc) is 2.91. The van der Waals surface area contributed by atoms with Crippen LogP contribution < -0.4 is 27.7 Å². The maximum absolute atomic E-state index is 5.59. The van der Waals surface area contributed by atoms with E-state index in [1.54, 1.807) is 7.11 Å². The average molecular weight is 529 g/mol. The van der Waals surface area contributed by atoms with Gasteiger partial charge in [-0.15, -0.1) is 0 Å². The molecule has 0 unspecified atom stereocenters. The van der Waals surface area contributed by atoms with Crippen molar-refractivity contribution >= 4 is 24.1 Å². The van der Waals surface area contributed by atoms with Gasteiger partial charge >= 0.3 is 0 Å². The summed E-state index contributed by atoms with van der Waals surface area (Å²) in [5.74, 6) is 1.12. The van der Waals surface area contributed by atoms with Crippen molar-refractivity contribution < 1.29 is 4.74 Å². The van der Waals surface area contributed by atoms with E-state index in [4.69, 9.17) is 27.7 Å². The fourth-order valence-electron chi connectivity index (χ4n) is 4.19. The minimum absolute atomic E-state index is 0.119. The van der Waals surface area contributed by atoms with Crippen molar-refractivity contribution in [2.45, 2.75) is 45.4 Å². The van der Waals surface area contributed by atoms with Gasteiger partial charge in [0.15, 0.2) is 11.9 Å². The third-order valence-electron chi connectivity index (χ3n) is 6.20. The van der Waals surface area contributed by atoms with Gasteiger partial charge in [-0.05, 0) is 72.4 Å². The number of nitrogens with zero attached hydrogens (tertiary/aromatic N) is 2. The zero-order valence-electron chi connectivity index (χ0n) is 23.5. The molecular weight excluding hydrogens is 484 g/mol. The maximum Gasteiger partial charge on any atom is 0.185 e. The first-order valence-corrected chi connectivity index (χ1v) is 13.3. The van der Waals surface area contributed by atoms with Crippen molar-refractivity contribution in [2.75, 3.05) is 20.2 Å². The lowest BCUT2D eigenvalue weighted by atomic mass is 9.97. The summed E-state index contributed by atoms with van der Waals surface area (Å²) in [4.78, 5) is 8.10. The van der Waals surface area contributed by atoms with Crippen molar-refractivity contribution in [3.63, 3.8) is 0 Å². The highest BCUT2D eigenvalue weighted by Crippen LogP contribution is 2.23. The molecule has 0 bridgehead atoms. The summed E-state index contributed by atoms with van der Waals surface area (Å²) in [5, 5.41) is 0. The molecular formula is C32H44N6O. The van der Waals surface area contributed by atoms with Gasteiger partial charge in [-0.2, -0.15) is 0 Å². The number of ether oxygens (including phenoxy) is 1. The van der Waals surface area contributed by atoms with Crippen molar-refractivity contribution in [2.24, 2.45) is 32.9 Å². The lowest BCUT2D eigenvalue weighted by Gasteiger charge is -2.09. The SMILES string of the molecule is C=C(/C=C/c1ccc(CCCN=C(N)N)c(CC)c1)CC(=C)/C=C/c1ccc(CCCN=C(N)N)c(OC)c1. The molecule has 0 saturated heterocycles. The van der Waals surface area contributed by atoms with E-state index in [0.717, 1.165) is 65.7 Å². The number of guanidine groups is 2. The van der Waals surface area contributed by atoms with Gasteiger partial charge < -0.3 is 27.7 Å². The maximum atomic E-state index is 5.59. The van der Waals surface area contributed by atoms with Gasteiger partial charge in [0, 0.05) is 13.1 Å². The summed E-state index contributed by atoms with van der Waals surface area (Å²) < 4.78 is 5.59. The molecule has 0 saturated carbocycles. The fourth-order valence-corrected chi connectivity index (χ4v) is 4.19. The number of hydrogen-bond donors (Lipinski definition) is 4. The molecule has 2 aromatic carbocycles. The molecule has 2 aromatic rings. The zero-order chi connectivity index (χ0) is 28.6. The zero-order valence-corrected chi connectivity index (χ0v) is 23.5. The van der Waals surface area contributed by atoms with Gasteiger partial charge in [-0.3, -0.25) is 9.98 Å². The van der Waals surface area contributed by atoms with Gasteiger partial charge in [0.25, 0.3) is 0 Å². The summed E-state index contributed by atoms with van der Waals surface area (Å²) >= 11 is 0. The van der Waals surface area contributed by atoms with Gasteiger partial charge in [0.2, 0.25) is 0 Å². The molecule has 2 rings (SSSR count). The van der Waals surface area contributed by atoms with Gasteiger partial charge in [-0.25, -0.2) is 0 Å². The molecule has 8 N–H and O–H groups in total. The quantitative estimate of drug-likeness (QED) is 0.106. The monoisotopic (exact) mass is 528 g/mol. The molecule has 0 aliphatic rings. The summed E-state index contributed by atoms with van der Waals surface area (Å²) in [6, 6.07) is 12.8. The standard InChI is InChI=1S/C32H44N6O/c1-5-27-21-25(14-16-28(27)8-6-18-37-31(33)34)12-10-23(2)20-24(3)11-13-26-15-17-29(30(22-26)39-4)9-7-19-38-32(35)36/h10-17,21-22H,2-3,5-9,18-20H2,1,4H3,(H4,33,34,37)(H4,35,36,38)/b12-10+,13-11+. The second kappa shape index (κ2) is 16.6. The highest BCUT2D eigenvalue weighted by Gasteiger charge is 2.05. The Balaban J connectivity index is 1.92. The van der Waals surface area contributed by atoms with Crippen LogP contribution in [0, 0.1) is 0 Å². The first kappa shape index (κ1) is 31.0. The third-order valence-corrected chi connectivity index (χ3v) is 6.20. The molecule has 0 heterocycles. The van der Waals surface area contributed by atoms with Crippen LogP contribution in [0.4, 0.5) is 0 Å². The van der Waals surface area contributed by atoms with E-state index in [1.165, 1.54) is 11.1 Å². The van der Waals surface area contributed by atoms with Crippen LogP contribution in [-0.4, -0.2) is 32.1 Å². The molecule has 0 radical (unpaired) electrons. The van der Waals surface area contributed by atoms with Crippen LogP contribution in [0.5, 0.6) is 5.75 Å². The number of benzene rings is 2. The van der Waals surface area contributed by atoms with E-state index < -0.39 is 0 Å². The molecule has 7 nitrogen and oxygen atoms in total. The number of aryl methyl sites for hydroxylation is 3. The smallest absolute Gasteiger partial charge is 0.185 e. The van der Waals surface area contributed by atoms with E-state index in [0.29, 0.717) is 19.5 Å². The van der Waals surface area contributed by atoms with Crippen molar-refractivity contribution in [1.29, 1.82) is 0 Å². The Morgan fingerprint density at radius 3 is 1.79 bits per heavy atom. The van der Waals surface area contributed by atoms with Gasteiger partial charge in [0.05, 0.1) is 7.11 Å². The number of rotatable bonds is 16. The highest BCUT2D eigenvalue weighted by molar-refractivity contribution is 5.75. The predicted octanol–water partition coefficient (Wildman–Crippen LogP) is 4.90. The fraction of sp³-hybridized carbons (Fsp3) is 0.312. The van der Waals surface area contributed by atoms with Crippen molar-refractivity contribution in [3.8, 4) is 5.75 Å². The van der Waals surface area contributed by atoms with E-state index in [1.807, 2.05) is 18.2 Å². The normalized spacial score (nSPS) is 11.0. The molecule has 0 amide bonds. The largest absolute Gasteiger partial charge is 0.496 e. The molecule has 0 aromatic heterocycles. The Labute approximate surface area is 233 Å². The second-order valence-corrected chi connectivity index (χ2v) is 9.43. The number of nitrogens with two attached hydrogens (primary N) is 4. The Kier molecular flexibility index (Phi) is 13.1. The molecule has 7 heteroatoms. The summed E-state index contributed by atoms with van der Waals surface area (Å²) in [6.07, 6.45) is 13.5. The Bertz CT molecular complexity index is 1140. The third kappa shape index (κ3) is 11.8. The van der Waals surface area contributed by atoms with Gasteiger partial charge in [0.1, 0.15) is 5.75 Å². The number of allylic oxidation sites excluding steroid dienone is 4. The predicted molar refractivity (Wildman–Crippen MR) is 168 cm³/mol. The van der Waals surface area contributed by atoms with Crippen LogP contribution in [0.1, 0.15) is 54.0 Å². The molecule has 39 heavy (non-hydrogen) atoms. The summed E-state index contributed by atoms with van der Waals surface area (Å²) in [6.45, 7) is 11.8. The van der Waals surface area contributed by atoms with Crippen molar-refractivity contribution in [3.05, 3.63) is 101 Å². The lowest BCUT2D eigenvalue weighted by molar-refractivity contribution is 0.409. The first-order valence-electron chi connectivity index (χ1n) is 13.3. The second-order valence-electron chi connectivity index (χ2n) is 9.43. The van der Waals surface area contributed by atoms with E-state index in [2.05, 4.69) is 72.6 Å². The van der Waals surface area contributed by atoms with Crippen LogP contribution in [0.25, 0.3) is 12.2 Å². The first-order chi connectivity index (χ1) is 18.7. The molecule has 0 fully saturated rings. The van der Waals surface area contributed by atoms with Crippen LogP contribution in [0.15, 0.2) is 82.8 Å². The van der Waals surface area contributed by atoms with E-state index in [-0.39, 0.29) is 11.9 Å². The molecule has 0 spiro atoms. The van der Waals surface area contributed by atoms with E-state index in [9.17, 15) is 0 Å². The lowest BCUT2D eigenvalue weighted by Crippen LogP contribution is -2.23. The Morgan fingerprint density at radius 1 is 0.769 bits per heavy atom. The van der Waals surface area contributed by atoms with Crippen molar-refractivity contribution in [1.82, 2.24) is 0 Å². The Morgan fingerprint density at radius 2 is 1.28 bits per heavy atom. The Hall–Kier alpha value is -4.26. The molecule has 0 atom stereocenters. The molecule has 208 valence electrons. The van der Waals surface area contributed by atoms with Crippen LogP contribution in [0.2, 0.25) is 0 Å². The minimum Gasteiger partial charge on any atom is -0.496 e. The van der Waals surface area contributed by atoms with Crippen LogP contribution >= 0.6 is 0 Å². The summed E-state index contributed by atoms with van der Waals surface area (Å²) in [7, 11) is 1.68. The molecule has 0 aliphatic carbocycles. The minimum atomic E-state index is 0.119. The van der Waals surface area contributed by atoms with Crippen LogP contribution in [0.3, 0.4) is 0 Å². The number of hydrogen-bond acceptors (Lipinski definition) is 3. The highest BCUT2D eigenvalue weighted by atomic mass is 16.5. The van der Waals surface area contributed by atoms with E-state index >= 15 is 0 Å². The summed E-state index contributed by atoms with van der Waals surface area (Å²) in [5.41, 5.74) is 29.6. The number of aliphatic imine (C=N–C) groups is 2. The molecule has 0 aliphatic heterocycles. The number of methoxy groups -OCH3 is 1.